The third kappa shape index (κ3) is 2.00. The third-order valence-corrected chi connectivity index (χ3v) is 3.79. The fourth-order valence-corrected chi connectivity index (χ4v) is 2.82. The molecule has 1 aliphatic rings. The van der Waals surface area contributed by atoms with Gasteiger partial charge in [0.25, 0.3) is 0 Å². The summed E-state index contributed by atoms with van der Waals surface area (Å²) in [7, 11) is 0. The quantitative estimate of drug-likeness (QED) is 0.849. The Labute approximate surface area is 119 Å². The van der Waals surface area contributed by atoms with Gasteiger partial charge in [-0.05, 0) is 41.7 Å². The molecule has 20 heavy (non-hydrogen) atoms. The van der Waals surface area contributed by atoms with Crippen LogP contribution < -0.4 is 0 Å². The van der Waals surface area contributed by atoms with E-state index >= 15 is 0 Å². The van der Waals surface area contributed by atoms with E-state index in [0.717, 1.165) is 27.8 Å². The van der Waals surface area contributed by atoms with Crippen molar-refractivity contribution in [1.29, 1.82) is 0 Å². The van der Waals surface area contributed by atoms with E-state index in [0.29, 0.717) is 0 Å². The Bertz CT molecular complexity index is 690. The average Bonchev–Trinajstić information content (AvgIpc) is 2.74. The normalized spacial score (nSPS) is 17.9. The first-order valence-corrected chi connectivity index (χ1v) is 6.93. The number of hydrogen-bond acceptors (Lipinski definition) is 1. The van der Waals surface area contributed by atoms with Gasteiger partial charge in [-0.15, -0.1) is 0 Å². The van der Waals surface area contributed by atoms with E-state index in [1.54, 1.807) is 0 Å². The second kappa shape index (κ2) is 5.10. The number of hydrogen-bond donors (Lipinski definition) is 1. The minimum Gasteiger partial charge on any atom is -0.384 e. The predicted octanol–water partition coefficient (Wildman–Crippen LogP) is 4.42. The molecule has 0 aromatic heterocycles. The Morgan fingerprint density at radius 2 is 1.70 bits per heavy atom. The largest absolute Gasteiger partial charge is 0.384 e. The zero-order chi connectivity index (χ0) is 14.1. The van der Waals surface area contributed by atoms with Crippen molar-refractivity contribution in [3.8, 4) is 0 Å². The van der Waals surface area contributed by atoms with Crippen molar-refractivity contribution < 1.29 is 5.11 Å². The Morgan fingerprint density at radius 3 is 2.40 bits per heavy atom. The maximum absolute atomic E-state index is 10.5. The molecule has 0 fully saturated rings. The van der Waals surface area contributed by atoms with Crippen LogP contribution >= 0.6 is 0 Å². The number of aliphatic hydroxyl groups excluding tert-OH is 1. The molecule has 2 aromatic carbocycles. The van der Waals surface area contributed by atoms with Crippen molar-refractivity contribution in [3.63, 3.8) is 0 Å². The van der Waals surface area contributed by atoms with Crippen LogP contribution in [0.2, 0.25) is 0 Å². The molecule has 1 N–H and O–H groups in total. The van der Waals surface area contributed by atoms with Gasteiger partial charge < -0.3 is 5.11 Å². The summed E-state index contributed by atoms with van der Waals surface area (Å²) in [5.74, 6) is 0. The highest BCUT2D eigenvalue weighted by molar-refractivity contribution is 5.89. The van der Waals surface area contributed by atoms with Crippen molar-refractivity contribution in [2.75, 3.05) is 0 Å². The lowest BCUT2D eigenvalue weighted by atomic mass is 9.96. The predicted molar refractivity (Wildman–Crippen MR) is 83.4 cm³/mol. The number of aliphatic hydroxyl groups is 1. The van der Waals surface area contributed by atoms with Crippen LogP contribution in [0, 0.1) is 6.92 Å². The van der Waals surface area contributed by atoms with Gasteiger partial charge in [0.1, 0.15) is 6.10 Å². The topological polar surface area (TPSA) is 20.2 Å². The molecular formula is C19H18O. The molecule has 1 aliphatic carbocycles. The molecule has 1 unspecified atom stereocenters. The Hall–Kier alpha value is -2.12. The van der Waals surface area contributed by atoms with Crippen LogP contribution in [-0.4, -0.2) is 5.11 Å². The molecule has 0 aliphatic heterocycles. The van der Waals surface area contributed by atoms with Gasteiger partial charge in [-0.25, -0.2) is 0 Å². The summed E-state index contributed by atoms with van der Waals surface area (Å²) in [4.78, 5) is 0. The number of fused-ring (bicyclic) bond motifs is 1. The molecule has 2 aromatic rings. The first kappa shape index (κ1) is 12.9. The first-order chi connectivity index (χ1) is 9.72. The summed E-state index contributed by atoms with van der Waals surface area (Å²) in [6.07, 6.45) is 3.47. The third-order valence-electron chi connectivity index (χ3n) is 3.79. The van der Waals surface area contributed by atoms with Gasteiger partial charge in [-0.2, -0.15) is 0 Å². The van der Waals surface area contributed by atoms with E-state index in [1.165, 1.54) is 5.56 Å². The summed E-state index contributed by atoms with van der Waals surface area (Å²) < 4.78 is 0. The standard InChI is InChI=1S/C19H18O/c1-3-6-17-18(14-11-9-13(2)10-12-14)15-7-4-5-8-16(15)19(17)20/h3-12,19-20H,1-2H3/b6-3-. The van der Waals surface area contributed by atoms with Crippen molar-refractivity contribution in [2.45, 2.75) is 20.0 Å². The minimum absolute atomic E-state index is 0.529. The number of allylic oxidation sites excluding steroid dienone is 1. The molecule has 0 spiro atoms. The van der Waals surface area contributed by atoms with Crippen molar-refractivity contribution in [3.05, 3.63) is 88.5 Å². The smallest absolute Gasteiger partial charge is 0.105 e. The fourth-order valence-electron chi connectivity index (χ4n) is 2.82. The van der Waals surface area contributed by atoms with Crippen molar-refractivity contribution in [2.24, 2.45) is 0 Å². The second-order valence-electron chi connectivity index (χ2n) is 5.19. The lowest BCUT2D eigenvalue weighted by molar-refractivity contribution is 0.223. The van der Waals surface area contributed by atoms with E-state index in [9.17, 15) is 5.11 Å². The number of rotatable bonds is 2. The SMILES string of the molecule is C/C=C\C1=C(c2ccc(C)cc2)c2ccccc2C1O. The molecule has 0 heterocycles. The Morgan fingerprint density at radius 1 is 1.00 bits per heavy atom. The van der Waals surface area contributed by atoms with Crippen LogP contribution in [-0.2, 0) is 0 Å². The van der Waals surface area contributed by atoms with Crippen LogP contribution in [0.3, 0.4) is 0 Å². The summed E-state index contributed by atoms with van der Waals surface area (Å²) in [6, 6.07) is 16.6. The molecule has 0 amide bonds. The van der Waals surface area contributed by atoms with Gasteiger partial charge in [0, 0.05) is 0 Å². The van der Waals surface area contributed by atoms with Crippen LogP contribution in [0.4, 0.5) is 0 Å². The molecule has 3 rings (SSSR count). The van der Waals surface area contributed by atoms with Crippen LogP contribution in [0.15, 0.2) is 66.3 Å². The lowest BCUT2D eigenvalue weighted by Crippen LogP contribution is -1.94. The molecule has 1 atom stereocenters. The molecule has 1 heteroatoms. The zero-order valence-corrected chi connectivity index (χ0v) is 11.8. The summed E-state index contributed by atoms with van der Waals surface area (Å²) in [6.45, 7) is 4.07. The van der Waals surface area contributed by atoms with Crippen LogP contribution in [0.25, 0.3) is 5.57 Å². The summed E-state index contributed by atoms with van der Waals surface area (Å²) in [5, 5.41) is 10.5. The van der Waals surface area contributed by atoms with E-state index < -0.39 is 6.10 Å². The molecule has 1 nitrogen and oxygen atoms in total. The van der Waals surface area contributed by atoms with Gasteiger partial charge >= 0.3 is 0 Å². The van der Waals surface area contributed by atoms with E-state index in [4.69, 9.17) is 0 Å². The molecule has 0 saturated carbocycles. The highest BCUT2D eigenvalue weighted by Crippen LogP contribution is 2.44. The fraction of sp³-hybridized carbons (Fsp3) is 0.158. The molecule has 0 radical (unpaired) electrons. The number of aryl methyl sites for hydroxylation is 1. The highest BCUT2D eigenvalue weighted by Gasteiger charge is 2.28. The molecule has 100 valence electrons. The maximum Gasteiger partial charge on any atom is 0.105 e. The molecule has 0 saturated heterocycles. The summed E-state index contributed by atoms with van der Waals surface area (Å²) >= 11 is 0. The van der Waals surface area contributed by atoms with Crippen molar-refractivity contribution >= 4 is 5.57 Å². The maximum atomic E-state index is 10.5. The van der Waals surface area contributed by atoms with Gasteiger partial charge in [-0.1, -0.05) is 66.2 Å². The summed E-state index contributed by atoms with van der Waals surface area (Å²) in [5.41, 5.74) is 6.67. The van der Waals surface area contributed by atoms with Gasteiger partial charge in [0.15, 0.2) is 0 Å². The monoisotopic (exact) mass is 262 g/mol. The van der Waals surface area contributed by atoms with E-state index in [-0.39, 0.29) is 0 Å². The lowest BCUT2D eigenvalue weighted by Gasteiger charge is -2.08. The first-order valence-electron chi connectivity index (χ1n) is 6.93. The second-order valence-corrected chi connectivity index (χ2v) is 5.19. The average molecular weight is 262 g/mol. The Balaban J connectivity index is 2.24. The van der Waals surface area contributed by atoms with Crippen molar-refractivity contribution in [1.82, 2.24) is 0 Å². The molecule has 0 bridgehead atoms. The van der Waals surface area contributed by atoms with E-state index in [2.05, 4.69) is 37.3 Å². The zero-order valence-electron chi connectivity index (χ0n) is 11.8. The van der Waals surface area contributed by atoms with Gasteiger partial charge in [-0.3, -0.25) is 0 Å². The van der Waals surface area contributed by atoms with Gasteiger partial charge in [0.2, 0.25) is 0 Å². The van der Waals surface area contributed by atoms with Crippen LogP contribution in [0.1, 0.15) is 35.3 Å². The highest BCUT2D eigenvalue weighted by atomic mass is 16.3. The molecular weight excluding hydrogens is 244 g/mol. The van der Waals surface area contributed by atoms with Gasteiger partial charge in [0.05, 0.1) is 0 Å². The van der Waals surface area contributed by atoms with E-state index in [1.807, 2.05) is 37.3 Å². The Kier molecular flexibility index (Phi) is 3.29. The number of benzene rings is 2. The minimum atomic E-state index is -0.529. The van der Waals surface area contributed by atoms with Crippen LogP contribution in [0.5, 0.6) is 0 Å².